The van der Waals surface area contributed by atoms with Crippen molar-refractivity contribution in [3.8, 4) is 0 Å². The first-order valence-corrected chi connectivity index (χ1v) is 9.59. The largest absolute Gasteiger partial charge is 0.469 e. The fourth-order valence-electron chi connectivity index (χ4n) is 3.23. The zero-order valence-electron chi connectivity index (χ0n) is 14.6. The Morgan fingerprint density at radius 2 is 2.12 bits per heavy atom. The molecule has 0 radical (unpaired) electrons. The van der Waals surface area contributed by atoms with E-state index in [0.717, 1.165) is 16.5 Å². The monoisotopic (exact) mass is 392 g/mol. The van der Waals surface area contributed by atoms with Crippen LogP contribution in [0.2, 0.25) is 0 Å². The van der Waals surface area contributed by atoms with Gasteiger partial charge in [-0.25, -0.2) is 4.79 Å². The number of hydrogen-bond donors (Lipinski definition) is 1. The molecule has 1 N–H and O–H groups in total. The van der Waals surface area contributed by atoms with Crippen molar-refractivity contribution in [1.29, 1.82) is 0 Å². The summed E-state index contributed by atoms with van der Waals surface area (Å²) in [6, 6.07) is 7.15. The normalized spacial score (nSPS) is 18.2. The van der Waals surface area contributed by atoms with E-state index in [4.69, 9.17) is 21.7 Å². The first-order chi connectivity index (χ1) is 12.5. The highest BCUT2D eigenvalue weighted by Crippen LogP contribution is 2.31. The fraction of sp³-hybridized carbons (Fsp3) is 0.389. The van der Waals surface area contributed by atoms with Gasteiger partial charge >= 0.3 is 11.9 Å². The highest BCUT2D eigenvalue weighted by molar-refractivity contribution is 8.23. The van der Waals surface area contributed by atoms with Crippen molar-refractivity contribution in [2.45, 2.75) is 24.9 Å². The number of rotatable bonds is 6. The predicted octanol–water partition coefficient (Wildman–Crippen LogP) is 2.52. The number of carbonyl (C=O) groups is 2. The molecule has 1 unspecified atom stereocenters. The number of H-pyrrole nitrogens is 1. The maximum absolute atomic E-state index is 12.5. The van der Waals surface area contributed by atoms with Crippen LogP contribution in [0.5, 0.6) is 0 Å². The second kappa shape index (κ2) is 8.09. The lowest BCUT2D eigenvalue weighted by atomic mass is 10.0. The third kappa shape index (κ3) is 3.71. The lowest BCUT2D eigenvalue weighted by molar-refractivity contribution is -0.147. The van der Waals surface area contributed by atoms with E-state index in [2.05, 4.69) is 4.98 Å². The summed E-state index contributed by atoms with van der Waals surface area (Å²) >= 11 is 6.94. The van der Waals surface area contributed by atoms with Crippen LogP contribution in [0.25, 0.3) is 10.9 Å². The minimum Gasteiger partial charge on any atom is -0.469 e. The van der Waals surface area contributed by atoms with Crippen molar-refractivity contribution >= 4 is 51.1 Å². The molecule has 1 aliphatic heterocycles. The highest BCUT2D eigenvalue weighted by atomic mass is 32.2. The van der Waals surface area contributed by atoms with Crippen LogP contribution < -0.4 is 0 Å². The lowest BCUT2D eigenvalue weighted by Crippen LogP contribution is -2.48. The molecule has 1 fully saturated rings. The van der Waals surface area contributed by atoms with E-state index in [1.165, 1.54) is 26.0 Å². The average Bonchev–Trinajstić information content (AvgIpc) is 3.22. The Hall–Kier alpha value is -2.06. The third-order valence-electron chi connectivity index (χ3n) is 4.53. The molecule has 0 saturated carbocycles. The van der Waals surface area contributed by atoms with E-state index in [9.17, 15) is 9.59 Å². The topological polar surface area (TPSA) is 71.6 Å². The Bertz CT molecular complexity index is 835. The van der Waals surface area contributed by atoms with Crippen molar-refractivity contribution < 1.29 is 19.1 Å². The summed E-state index contributed by atoms with van der Waals surface area (Å²) in [4.78, 5) is 29.4. The summed E-state index contributed by atoms with van der Waals surface area (Å²) in [7, 11) is 2.73. The van der Waals surface area contributed by atoms with Crippen LogP contribution in [0.4, 0.5) is 0 Å². The molecule has 0 aliphatic carbocycles. The first kappa shape index (κ1) is 18.7. The molecule has 26 heavy (non-hydrogen) atoms. The van der Waals surface area contributed by atoms with Crippen molar-refractivity contribution in [2.75, 3.05) is 20.0 Å². The number of thioether (sulfide) groups is 1. The highest BCUT2D eigenvalue weighted by Gasteiger charge is 2.40. The number of fused-ring (bicyclic) bond motifs is 1. The van der Waals surface area contributed by atoms with Crippen molar-refractivity contribution in [2.24, 2.45) is 0 Å². The van der Waals surface area contributed by atoms with Crippen LogP contribution in [0, 0.1) is 0 Å². The molecule has 0 spiro atoms. The van der Waals surface area contributed by atoms with Crippen LogP contribution in [0.3, 0.4) is 0 Å². The van der Waals surface area contributed by atoms with Gasteiger partial charge in [0, 0.05) is 29.3 Å². The molecular weight excluding hydrogens is 372 g/mol. The molecule has 0 bridgehead atoms. The molecule has 0 amide bonds. The maximum atomic E-state index is 12.5. The number of thiocarbonyl (C=S) groups is 1. The number of hydrogen-bond acceptors (Lipinski definition) is 6. The van der Waals surface area contributed by atoms with Crippen molar-refractivity contribution in [1.82, 2.24) is 9.88 Å². The molecule has 1 saturated heterocycles. The van der Waals surface area contributed by atoms with Gasteiger partial charge in [-0.3, -0.25) is 4.79 Å². The molecule has 1 aromatic carbocycles. The van der Waals surface area contributed by atoms with E-state index >= 15 is 0 Å². The van der Waals surface area contributed by atoms with Crippen molar-refractivity contribution in [3.63, 3.8) is 0 Å². The number of esters is 2. The van der Waals surface area contributed by atoms with E-state index in [-0.39, 0.29) is 24.4 Å². The van der Waals surface area contributed by atoms with Gasteiger partial charge in [-0.05, 0) is 11.6 Å². The fourth-order valence-corrected chi connectivity index (χ4v) is 4.75. The minimum absolute atomic E-state index is 0.186. The summed E-state index contributed by atoms with van der Waals surface area (Å²) < 4.78 is 10.4. The minimum atomic E-state index is -0.587. The van der Waals surface area contributed by atoms with Crippen LogP contribution in [-0.4, -0.2) is 58.2 Å². The van der Waals surface area contributed by atoms with Gasteiger partial charge in [0.15, 0.2) is 0 Å². The summed E-state index contributed by atoms with van der Waals surface area (Å²) in [5.41, 5.74) is 2.02. The van der Waals surface area contributed by atoms with E-state index in [1.807, 2.05) is 35.4 Å². The number of benzene rings is 1. The zero-order valence-corrected chi connectivity index (χ0v) is 16.2. The first-order valence-electron chi connectivity index (χ1n) is 8.20. The molecule has 2 heterocycles. The van der Waals surface area contributed by atoms with Gasteiger partial charge < -0.3 is 19.4 Å². The summed E-state index contributed by atoms with van der Waals surface area (Å²) in [5.74, 6) is -0.0361. The zero-order chi connectivity index (χ0) is 18.7. The molecule has 1 aliphatic rings. The molecule has 2 aromatic rings. The lowest BCUT2D eigenvalue weighted by Gasteiger charge is -2.31. The molecule has 8 heteroatoms. The van der Waals surface area contributed by atoms with Gasteiger partial charge in [0.25, 0.3) is 0 Å². The number of ether oxygens (including phenoxy) is 2. The number of aromatic nitrogens is 1. The van der Waals surface area contributed by atoms with Gasteiger partial charge in [0.2, 0.25) is 0 Å². The second-order valence-electron chi connectivity index (χ2n) is 6.02. The molecule has 138 valence electrons. The van der Waals surface area contributed by atoms with Crippen LogP contribution in [0.1, 0.15) is 12.0 Å². The Morgan fingerprint density at radius 3 is 2.85 bits per heavy atom. The third-order valence-corrected chi connectivity index (χ3v) is 6.10. The number of nitrogens with zero attached hydrogens (tertiary/aromatic N) is 1. The maximum Gasteiger partial charge on any atom is 0.328 e. The number of carbonyl (C=O) groups excluding carboxylic acids is 2. The van der Waals surface area contributed by atoms with Gasteiger partial charge in [-0.15, -0.1) is 0 Å². The quantitative estimate of drug-likeness (QED) is 0.598. The van der Waals surface area contributed by atoms with E-state index in [1.54, 1.807) is 0 Å². The van der Waals surface area contributed by atoms with E-state index in [0.29, 0.717) is 16.5 Å². The number of methoxy groups -OCH3 is 2. The van der Waals surface area contributed by atoms with Crippen LogP contribution in [0.15, 0.2) is 30.5 Å². The molecule has 1 aromatic heterocycles. The van der Waals surface area contributed by atoms with Crippen LogP contribution in [-0.2, 0) is 25.5 Å². The Balaban J connectivity index is 1.90. The number of nitrogens with one attached hydrogen (secondary N) is 1. The molecule has 6 nitrogen and oxygen atoms in total. The van der Waals surface area contributed by atoms with Gasteiger partial charge in [-0.2, -0.15) is 0 Å². The molecular formula is C18H20N2O4S2. The average molecular weight is 393 g/mol. The smallest absolute Gasteiger partial charge is 0.328 e. The Kier molecular flexibility index (Phi) is 5.83. The van der Waals surface area contributed by atoms with Gasteiger partial charge in [0.05, 0.1) is 26.7 Å². The molecule has 3 rings (SSSR count). The predicted molar refractivity (Wildman–Crippen MR) is 105 cm³/mol. The molecule has 2 atom stereocenters. The Labute approximate surface area is 161 Å². The van der Waals surface area contributed by atoms with E-state index < -0.39 is 6.04 Å². The standard InChI is InChI=1S/C18H20N2O4S2/c1-23-16(21)8-12-10-26-18(25)20(12)15(17(22)24-2)7-11-9-19-14-6-4-3-5-13(11)14/h3-6,9,12,15,19H,7-8,10H2,1-2H3/t12?,15-/m0/s1. The second-order valence-corrected chi connectivity index (χ2v) is 7.67. The van der Waals surface area contributed by atoms with Crippen molar-refractivity contribution in [3.05, 3.63) is 36.0 Å². The summed E-state index contributed by atoms with van der Waals surface area (Å²) in [6.45, 7) is 0. The number of aromatic amines is 1. The summed E-state index contributed by atoms with van der Waals surface area (Å²) in [5, 5.41) is 1.06. The Morgan fingerprint density at radius 1 is 1.35 bits per heavy atom. The SMILES string of the molecule is COC(=O)CC1CSC(=S)N1[C@@H](Cc1c[nH]c2ccccc12)C(=O)OC. The van der Waals surface area contributed by atoms with Gasteiger partial charge in [0.1, 0.15) is 10.4 Å². The van der Waals surface area contributed by atoms with Gasteiger partial charge in [-0.1, -0.05) is 42.2 Å². The van der Waals surface area contributed by atoms with Crippen LogP contribution >= 0.6 is 24.0 Å². The number of para-hydroxylation sites is 1. The summed E-state index contributed by atoms with van der Waals surface area (Å²) in [6.07, 6.45) is 2.53.